The second kappa shape index (κ2) is 10.5. The van der Waals surface area contributed by atoms with Crippen LogP contribution in [0.3, 0.4) is 0 Å². The zero-order chi connectivity index (χ0) is 15.5. The van der Waals surface area contributed by atoms with Crippen LogP contribution in [0.1, 0.15) is 52.5 Å². The first-order valence-corrected chi connectivity index (χ1v) is 8.36. The maximum Gasteiger partial charge on any atom is 0.161 e. The van der Waals surface area contributed by atoms with Crippen LogP contribution in [-0.4, -0.2) is 25.8 Å². The summed E-state index contributed by atoms with van der Waals surface area (Å²) in [6, 6.07) is 6.91. The van der Waals surface area contributed by atoms with Gasteiger partial charge < -0.3 is 14.8 Å². The number of hydrogen-bond acceptors (Lipinski definition) is 3. The van der Waals surface area contributed by atoms with Crippen molar-refractivity contribution in [1.29, 1.82) is 0 Å². The Labute approximate surface area is 130 Å². The molecule has 0 amide bonds. The Morgan fingerprint density at radius 3 is 2.33 bits per heavy atom. The van der Waals surface area contributed by atoms with Crippen LogP contribution < -0.4 is 14.8 Å². The summed E-state index contributed by atoms with van der Waals surface area (Å²) < 4.78 is 11.3. The van der Waals surface area contributed by atoms with Crippen LogP contribution in [-0.2, 0) is 6.42 Å². The van der Waals surface area contributed by atoms with Crippen LogP contribution in [0.2, 0.25) is 0 Å². The molecular formula is C18H31NO2. The van der Waals surface area contributed by atoms with Gasteiger partial charge in [-0.3, -0.25) is 0 Å². The minimum Gasteiger partial charge on any atom is -0.490 e. The van der Waals surface area contributed by atoms with E-state index in [4.69, 9.17) is 9.47 Å². The highest BCUT2D eigenvalue weighted by Gasteiger charge is 2.09. The normalized spacial score (nSPS) is 12.2. The van der Waals surface area contributed by atoms with Gasteiger partial charge in [-0.05, 0) is 63.8 Å². The Bertz CT molecular complexity index is 393. The van der Waals surface area contributed by atoms with Crippen molar-refractivity contribution in [3.05, 3.63) is 23.8 Å². The average molecular weight is 293 g/mol. The van der Waals surface area contributed by atoms with Crippen molar-refractivity contribution in [1.82, 2.24) is 5.32 Å². The Kier molecular flexibility index (Phi) is 8.91. The van der Waals surface area contributed by atoms with Gasteiger partial charge in [-0.15, -0.1) is 0 Å². The number of nitrogens with one attached hydrogen (secondary N) is 1. The molecule has 0 saturated heterocycles. The highest BCUT2D eigenvalue weighted by atomic mass is 16.5. The topological polar surface area (TPSA) is 30.5 Å². The van der Waals surface area contributed by atoms with E-state index in [0.717, 1.165) is 30.9 Å². The van der Waals surface area contributed by atoms with Crippen LogP contribution in [0, 0.1) is 0 Å². The third-order valence-electron chi connectivity index (χ3n) is 3.57. The standard InChI is InChI=1S/C18H31NO2/c1-5-13-19-16(6-2)11-9-15-10-12-17(20-7-3)18(14-15)21-8-4/h10,12,14,16,19H,5-9,11,13H2,1-4H3. The first-order chi connectivity index (χ1) is 10.2. The highest BCUT2D eigenvalue weighted by Crippen LogP contribution is 2.29. The largest absolute Gasteiger partial charge is 0.490 e. The number of rotatable bonds is 11. The van der Waals surface area contributed by atoms with Crippen molar-refractivity contribution in [3.8, 4) is 11.5 Å². The summed E-state index contributed by atoms with van der Waals surface area (Å²) in [6.07, 6.45) is 4.60. The lowest BCUT2D eigenvalue weighted by Gasteiger charge is -2.17. The molecule has 0 radical (unpaired) electrons. The summed E-state index contributed by atoms with van der Waals surface area (Å²) in [6.45, 7) is 10.9. The number of ether oxygens (including phenoxy) is 2. The molecule has 0 fully saturated rings. The van der Waals surface area contributed by atoms with E-state index in [1.807, 2.05) is 19.9 Å². The van der Waals surface area contributed by atoms with E-state index in [1.165, 1.54) is 18.4 Å². The Hall–Kier alpha value is -1.22. The molecule has 0 heterocycles. The van der Waals surface area contributed by atoms with E-state index in [1.54, 1.807) is 0 Å². The molecule has 0 saturated carbocycles. The summed E-state index contributed by atoms with van der Waals surface area (Å²) in [5, 5.41) is 3.60. The monoisotopic (exact) mass is 293 g/mol. The minimum absolute atomic E-state index is 0.604. The van der Waals surface area contributed by atoms with Gasteiger partial charge in [-0.25, -0.2) is 0 Å². The minimum atomic E-state index is 0.604. The number of hydrogen-bond donors (Lipinski definition) is 1. The van der Waals surface area contributed by atoms with Gasteiger partial charge in [0.15, 0.2) is 11.5 Å². The molecule has 3 nitrogen and oxygen atoms in total. The fourth-order valence-corrected chi connectivity index (χ4v) is 2.39. The molecule has 120 valence electrons. The van der Waals surface area contributed by atoms with Gasteiger partial charge >= 0.3 is 0 Å². The van der Waals surface area contributed by atoms with E-state index in [0.29, 0.717) is 19.3 Å². The molecule has 1 aromatic carbocycles. The van der Waals surface area contributed by atoms with E-state index >= 15 is 0 Å². The first kappa shape index (κ1) is 17.8. The molecule has 0 spiro atoms. The van der Waals surface area contributed by atoms with Crippen LogP contribution in [0.5, 0.6) is 11.5 Å². The van der Waals surface area contributed by atoms with Gasteiger partial charge in [-0.2, -0.15) is 0 Å². The van der Waals surface area contributed by atoms with Crippen molar-refractivity contribution < 1.29 is 9.47 Å². The molecule has 3 heteroatoms. The summed E-state index contributed by atoms with van der Waals surface area (Å²) in [4.78, 5) is 0. The Morgan fingerprint density at radius 2 is 1.71 bits per heavy atom. The first-order valence-electron chi connectivity index (χ1n) is 8.36. The highest BCUT2D eigenvalue weighted by molar-refractivity contribution is 5.43. The van der Waals surface area contributed by atoms with Gasteiger partial charge in [0.25, 0.3) is 0 Å². The van der Waals surface area contributed by atoms with Crippen LogP contribution >= 0.6 is 0 Å². The predicted molar refractivity (Wildman–Crippen MR) is 89.5 cm³/mol. The van der Waals surface area contributed by atoms with Crippen molar-refractivity contribution in [2.75, 3.05) is 19.8 Å². The van der Waals surface area contributed by atoms with Crippen LogP contribution in [0.4, 0.5) is 0 Å². The summed E-state index contributed by atoms with van der Waals surface area (Å²) >= 11 is 0. The molecule has 0 bridgehead atoms. The average Bonchev–Trinajstić information content (AvgIpc) is 2.50. The lowest BCUT2D eigenvalue weighted by molar-refractivity contribution is 0.287. The summed E-state index contributed by atoms with van der Waals surface area (Å²) in [5.74, 6) is 1.71. The van der Waals surface area contributed by atoms with Crippen LogP contribution in [0.25, 0.3) is 0 Å². The van der Waals surface area contributed by atoms with Gasteiger partial charge in [0, 0.05) is 6.04 Å². The lowest BCUT2D eigenvalue weighted by Crippen LogP contribution is -2.29. The molecule has 1 rings (SSSR count). The van der Waals surface area contributed by atoms with Crippen molar-refractivity contribution in [3.63, 3.8) is 0 Å². The van der Waals surface area contributed by atoms with Crippen molar-refractivity contribution in [2.45, 2.75) is 59.4 Å². The van der Waals surface area contributed by atoms with E-state index in [2.05, 4.69) is 31.3 Å². The lowest BCUT2D eigenvalue weighted by atomic mass is 10.0. The van der Waals surface area contributed by atoms with Gasteiger partial charge in [0.2, 0.25) is 0 Å². The van der Waals surface area contributed by atoms with E-state index in [9.17, 15) is 0 Å². The second-order valence-electron chi connectivity index (χ2n) is 5.25. The molecule has 1 unspecified atom stereocenters. The van der Waals surface area contributed by atoms with Gasteiger partial charge in [0.1, 0.15) is 0 Å². The number of benzene rings is 1. The maximum absolute atomic E-state index is 5.69. The zero-order valence-corrected chi connectivity index (χ0v) is 14.1. The van der Waals surface area contributed by atoms with Gasteiger partial charge in [-0.1, -0.05) is 19.9 Å². The summed E-state index contributed by atoms with van der Waals surface area (Å²) in [7, 11) is 0. The Balaban J connectivity index is 2.63. The van der Waals surface area contributed by atoms with E-state index in [-0.39, 0.29) is 0 Å². The third kappa shape index (κ3) is 6.38. The molecule has 0 aliphatic rings. The van der Waals surface area contributed by atoms with E-state index < -0.39 is 0 Å². The van der Waals surface area contributed by atoms with Crippen LogP contribution in [0.15, 0.2) is 18.2 Å². The zero-order valence-electron chi connectivity index (χ0n) is 14.1. The number of aryl methyl sites for hydroxylation is 1. The van der Waals surface area contributed by atoms with Crippen molar-refractivity contribution >= 4 is 0 Å². The molecule has 21 heavy (non-hydrogen) atoms. The molecule has 1 atom stereocenters. The SMILES string of the molecule is CCCNC(CC)CCc1ccc(OCC)c(OCC)c1. The second-order valence-corrected chi connectivity index (χ2v) is 5.25. The fraction of sp³-hybridized carbons (Fsp3) is 0.667. The maximum atomic E-state index is 5.69. The molecule has 1 aromatic rings. The predicted octanol–water partition coefficient (Wildman–Crippen LogP) is 4.19. The molecular weight excluding hydrogens is 262 g/mol. The Morgan fingerprint density at radius 1 is 1.00 bits per heavy atom. The molecule has 1 N–H and O–H groups in total. The fourth-order valence-electron chi connectivity index (χ4n) is 2.39. The van der Waals surface area contributed by atoms with Gasteiger partial charge in [0.05, 0.1) is 13.2 Å². The molecule has 0 aliphatic carbocycles. The quantitative estimate of drug-likeness (QED) is 0.663. The smallest absolute Gasteiger partial charge is 0.161 e. The third-order valence-corrected chi connectivity index (χ3v) is 3.57. The molecule has 0 aliphatic heterocycles. The summed E-state index contributed by atoms with van der Waals surface area (Å²) in [5.41, 5.74) is 1.32. The molecule has 0 aromatic heterocycles. The van der Waals surface area contributed by atoms with Crippen molar-refractivity contribution in [2.24, 2.45) is 0 Å².